The Morgan fingerprint density at radius 2 is 1.93 bits per heavy atom. The average molecular weight is 377 g/mol. The number of amides is 1. The molecule has 1 heterocycles. The van der Waals surface area contributed by atoms with Crippen molar-refractivity contribution in [3.63, 3.8) is 0 Å². The van der Waals surface area contributed by atoms with Crippen molar-refractivity contribution >= 4 is 23.4 Å². The summed E-state index contributed by atoms with van der Waals surface area (Å²) in [5, 5.41) is 2.55. The van der Waals surface area contributed by atoms with Crippen molar-refractivity contribution in [1.29, 1.82) is 0 Å². The monoisotopic (exact) mass is 377 g/mol. The second kappa shape index (κ2) is 13.0. The molecule has 0 aromatic heterocycles. The van der Waals surface area contributed by atoms with Crippen molar-refractivity contribution in [2.45, 2.75) is 77.7 Å². The van der Waals surface area contributed by atoms with Crippen molar-refractivity contribution in [3.05, 3.63) is 23.8 Å². The predicted molar refractivity (Wildman–Crippen MR) is 103 cm³/mol. The minimum Gasteiger partial charge on any atom is -0.460 e. The molecule has 1 N–H and O–H groups in total. The summed E-state index contributed by atoms with van der Waals surface area (Å²) >= 11 is 0. The Labute approximate surface area is 161 Å². The highest BCUT2D eigenvalue weighted by molar-refractivity contribution is 6.37. The van der Waals surface area contributed by atoms with E-state index in [1.54, 1.807) is 13.0 Å². The highest BCUT2D eigenvalue weighted by atomic mass is 16.5. The summed E-state index contributed by atoms with van der Waals surface area (Å²) < 4.78 is 5.12. The number of hydrogen-bond acceptors (Lipinski definition) is 5. The first-order valence-electron chi connectivity index (χ1n) is 9.76. The smallest absolute Gasteiger partial charge is 0.328 e. The Hall–Kier alpha value is -2.24. The molecule has 1 saturated heterocycles. The van der Waals surface area contributed by atoms with Gasteiger partial charge in [-0.1, -0.05) is 31.6 Å². The molecule has 1 aliphatic heterocycles. The van der Waals surface area contributed by atoms with Crippen LogP contribution in [-0.2, 0) is 23.9 Å². The molecule has 150 valence electrons. The van der Waals surface area contributed by atoms with Gasteiger partial charge in [0, 0.05) is 19.3 Å². The lowest BCUT2D eigenvalue weighted by molar-refractivity contribution is -0.145. The third kappa shape index (κ3) is 9.87. The van der Waals surface area contributed by atoms with Crippen LogP contribution in [-0.4, -0.2) is 36.1 Å². The first kappa shape index (κ1) is 22.8. The minimum atomic E-state index is -0.578. The molecule has 6 heteroatoms. The Bertz CT molecular complexity index is 591. The van der Waals surface area contributed by atoms with Gasteiger partial charge < -0.3 is 10.1 Å². The van der Waals surface area contributed by atoms with Gasteiger partial charge in [0.15, 0.2) is 5.78 Å². The van der Waals surface area contributed by atoms with Crippen LogP contribution in [0.3, 0.4) is 0 Å². The molecule has 0 bridgehead atoms. The number of nitrogens with one attached hydrogen (secondary N) is 1. The molecule has 0 saturated carbocycles. The third-order valence-corrected chi connectivity index (χ3v) is 4.35. The molecule has 0 aliphatic carbocycles. The van der Waals surface area contributed by atoms with E-state index in [9.17, 15) is 19.2 Å². The average Bonchev–Trinajstić information content (AvgIpc) is 3.09. The van der Waals surface area contributed by atoms with Crippen molar-refractivity contribution in [2.24, 2.45) is 0 Å². The number of ketones is 2. The van der Waals surface area contributed by atoms with Crippen LogP contribution in [0.5, 0.6) is 0 Å². The second-order valence-corrected chi connectivity index (χ2v) is 6.85. The number of carbonyl (C=O) groups excluding carboxylic acids is 4. The molecule has 0 aromatic rings. The zero-order valence-corrected chi connectivity index (χ0v) is 16.4. The van der Waals surface area contributed by atoms with E-state index in [1.165, 1.54) is 0 Å². The van der Waals surface area contributed by atoms with E-state index >= 15 is 0 Å². The Kier molecular flexibility index (Phi) is 11.0. The van der Waals surface area contributed by atoms with E-state index in [0.29, 0.717) is 24.8 Å². The van der Waals surface area contributed by atoms with E-state index in [1.807, 2.05) is 0 Å². The van der Waals surface area contributed by atoms with Gasteiger partial charge in [-0.2, -0.15) is 0 Å². The fourth-order valence-electron chi connectivity index (χ4n) is 2.66. The number of unbranched alkanes of at least 4 members (excludes halogenated alkanes) is 3. The number of ether oxygens (including phenoxy) is 1. The molecule has 1 rings (SSSR count). The van der Waals surface area contributed by atoms with Crippen molar-refractivity contribution < 1.29 is 23.9 Å². The highest BCUT2D eigenvalue weighted by Crippen LogP contribution is 2.10. The van der Waals surface area contributed by atoms with Crippen LogP contribution in [0.25, 0.3) is 0 Å². The van der Waals surface area contributed by atoms with Gasteiger partial charge in [-0.15, -0.1) is 0 Å². The van der Waals surface area contributed by atoms with Crippen LogP contribution in [0.1, 0.15) is 71.6 Å². The van der Waals surface area contributed by atoms with Crippen molar-refractivity contribution in [1.82, 2.24) is 5.32 Å². The fraction of sp³-hybridized carbons (Fsp3) is 0.619. The standard InChI is InChI=1S/C21H31NO5/c1-3-4-5-6-7-8-9-10-18(23)19(24)13-11-16(2)15-27-21(26)17-12-14-20(25)22-17/h4-5,11,17H,3,6-10,12-15H2,1-2H3,(H,22,25)/t17-/m0/s1. The van der Waals surface area contributed by atoms with E-state index in [4.69, 9.17) is 4.74 Å². The molecule has 0 unspecified atom stereocenters. The van der Waals surface area contributed by atoms with Gasteiger partial charge >= 0.3 is 5.97 Å². The molecule has 27 heavy (non-hydrogen) atoms. The maximum Gasteiger partial charge on any atom is 0.328 e. The number of Topliss-reactive ketones (excluding diaryl/α,β-unsaturated/α-hetero) is 2. The number of carbonyl (C=O) groups is 4. The fourth-order valence-corrected chi connectivity index (χ4v) is 2.66. The largest absolute Gasteiger partial charge is 0.460 e. The summed E-state index contributed by atoms with van der Waals surface area (Å²) in [7, 11) is 0. The molecule has 0 aromatic carbocycles. The van der Waals surface area contributed by atoms with Gasteiger partial charge in [0.25, 0.3) is 0 Å². The number of rotatable bonds is 13. The molecule has 0 spiro atoms. The van der Waals surface area contributed by atoms with Crippen LogP contribution < -0.4 is 5.32 Å². The molecule has 1 fully saturated rings. The van der Waals surface area contributed by atoms with E-state index in [2.05, 4.69) is 24.4 Å². The van der Waals surface area contributed by atoms with Crippen molar-refractivity contribution in [2.75, 3.05) is 6.61 Å². The second-order valence-electron chi connectivity index (χ2n) is 6.85. The van der Waals surface area contributed by atoms with Gasteiger partial charge in [-0.05, 0) is 44.6 Å². The summed E-state index contributed by atoms with van der Waals surface area (Å²) in [5.74, 6) is -1.36. The maximum atomic E-state index is 11.9. The molecular weight excluding hydrogens is 346 g/mol. The van der Waals surface area contributed by atoms with Crippen molar-refractivity contribution in [3.8, 4) is 0 Å². The number of hydrogen-bond donors (Lipinski definition) is 1. The third-order valence-electron chi connectivity index (χ3n) is 4.35. The quantitative estimate of drug-likeness (QED) is 0.230. The zero-order valence-electron chi connectivity index (χ0n) is 16.4. The van der Waals surface area contributed by atoms with Gasteiger partial charge in [0.1, 0.15) is 12.6 Å². The minimum absolute atomic E-state index is 0.0294. The van der Waals surface area contributed by atoms with E-state index < -0.39 is 17.8 Å². The normalized spacial score (nSPS) is 17.2. The van der Waals surface area contributed by atoms with Gasteiger partial charge in [-0.25, -0.2) is 4.79 Å². The molecule has 1 amide bonds. The maximum absolute atomic E-state index is 11.9. The first-order valence-corrected chi connectivity index (χ1v) is 9.76. The van der Waals surface area contributed by atoms with Crippen LogP contribution in [0.2, 0.25) is 0 Å². The van der Waals surface area contributed by atoms with E-state index in [-0.39, 0.29) is 24.7 Å². The summed E-state index contributed by atoms with van der Waals surface area (Å²) in [6, 6.07) is -0.578. The van der Waals surface area contributed by atoms with Crippen LogP contribution >= 0.6 is 0 Å². The van der Waals surface area contributed by atoms with Gasteiger partial charge in [0.05, 0.1) is 0 Å². The lowest BCUT2D eigenvalue weighted by Gasteiger charge is -2.10. The Morgan fingerprint density at radius 1 is 1.15 bits per heavy atom. The molecule has 1 aliphatic rings. The molecule has 6 nitrogen and oxygen atoms in total. The lowest BCUT2D eigenvalue weighted by atomic mass is 10.0. The number of allylic oxidation sites excluding steroid dienone is 3. The zero-order chi connectivity index (χ0) is 20.1. The van der Waals surface area contributed by atoms with E-state index in [0.717, 1.165) is 32.1 Å². The summed E-state index contributed by atoms with van der Waals surface area (Å²) in [5.41, 5.74) is 0.705. The van der Waals surface area contributed by atoms with Crippen LogP contribution in [0.4, 0.5) is 0 Å². The van der Waals surface area contributed by atoms with Crippen LogP contribution in [0.15, 0.2) is 23.8 Å². The Morgan fingerprint density at radius 3 is 2.59 bits per heavy atom. The number of esters is 1. The van der Waals surface area contributed by atoms with Gasteiger partial charge in [-0.3, -0.25) is 14.4 Å². The summed E-state index contributed by atoms with van der Waals surface area (Å²) in [4.78, 5) is 46.6. The molecule has 1 atom stereocenters. The highest BCUT2D eigenvalue weighted by Gasteiger charge is 2.28. The summed E-state index contributed by atoms with van der Waals surface area (Å²) in [6.07, 6.45) is 11.8. The summed E-state index contributed by atoms with van der Waals surface area (Å²) in [6.45, 7) is 3.88. The van der Waals surface area contributed by atoms with Gasteiger partial charge in [0.2, 0.25) is 11.7 Å². The predicted octanol–water partition coefficient (Wildman–Crippen LogP) is 3.20. The topological polar surface area (TPSA) is 89.5 Å². The SMILES string of the molecule is CCC=CCCCCCC(=O)C(=O)CC=C(C)COC(=O)[C@@H]1CCC(=O)N1. The molecular formula is C21H31NO5. The lowest BCUT2D eigenvalue weighted by Crippen LogP contribution is -2.34. The Balaban J connectivity index is 2.18. The molecule has 0 radical (unpaired) electrons. The van der Waals surface area contributed by atoms with Crippen LogP contribution in [0, 0.1) is 0 Å². The first-order chi connectivity index (χ1) is 12.9.